The molecule has 0 spiro atoms. The molecule has 0 aliphatic carbocycles. The lowest BCUT2D eigenvalue weighted by Gasteiger charge is -2.39. The Labute approximate surface area is 197 Å². The maximum atomic E-state index is 12.3. The van der Waals surface area contributed by atoms with Gasteiger partial charge in [-0.05, 0) is 61.1 Å². The molecule has 6 heteroatoms. The van der Waals surface area contributed by atoms with E-state index in [9.17, 15) is 9.59 Å². The SMILES string of the molecule is C=CC(C)(C/C=C/Cn1cc(CCCc2ccc(OC(C)C(=O)O)cc2)[nH]c1=O)C(C)(C)C. The first-order chi connectivity index (χ1) is 15.4. The zero-order valence-electron chi connectivity index (χ0n) is 20.6. The molecule has 2 rings (SSSR count). The molecular weight excluding hydrogens is 416 g/mol. The molecule has 0 saturated heterocycles. The maximum Gasteiger partial charge on any atom is 0.344 e. The molecule has 6 nitrogen and oxygen atoms in total. The minimum Gasteiger partial charge on any atom is -0.479 e. The third-order valence-corrected chi connectivity index (χ3v) is 6.51. The van der Waals surface area contributed by atoms with Gasteiger partial charge in [0.2, 0.25) is 0 Å². The number of carboxylic acid groups (broad SMARTS) is 1. The lowest BCUT2D eigenvalue weighted by molar-refractivity contribution is -0.144. The largest absolute Gasteiger partial charge is 0.479 e. The van der Waals surface area contributed by atoms with Gasteiger partial charge in [-0.2, -0.15) is 0 Å². The predicted molar refractivity (Wildman–Crippen MR) is 133 cm³/mol. The first-order valence-corrected chi connectivity index (χ1v) is 11.5. The summed E-state index contributed by atoms with van der Waals surface area (Å²) in [6.07, 6.45) is 10.6. The van der Waals surface area contributed by atoms with E-state index in [0.29, 0.717) is 12.3 Å². The normalized spacial score (nSPS) is 14.7. The molecule has 2 aromatic rings. The monoisotopic (exact) mass is 454 g/mol. The first-order valence-electron chi connectivity index (χ1n) is 11.5. The van der Waals surface area contributed by atoms with Crippen LogP contribution in [0.1, 0.15) is 58.7 Å². The zero-order valence-corrected chi connectivity index (χ0v) is 20.6. The Hall–Kier alpha value is -3.02. The predicted octanol–water partition coefficient (Wildman–Crippen LogP) is 5.39. The molecular formula is C27H38N2O4. The van der Waals surface area contributed by atoms with Crippen molar-refractivity contribution < 1.29 is 14.6 Å². The van der Waals surface area contributed by atoms with Crippen LogP contribution in [0.15, 0.2) is 60.1 Å². The summed E-state index contributed by atoms with van der Waals surface area (Å²) in [5.41, 5.74) is 2.08. The van der Waals surface area contributed by atoms with Gasteiger partial charge >= 0.3 is 11.7 Å². The summed E-state index contributed by atoms with van der Waals surface area (Å²) in [7, 11) is 0. The Bertz CT molecular complexity index is 1010. The summed E-state index contributed by atoms with van der Waals surface area (Å²) in [6.45, 7) is 14.9. The van der Waals surface area contributed by atoms with Crippen molar-refractivity contribution in [1.82, 2.24) is 9.55 Å². The Morgan fingerprint density at radius 3 is 2.42 bits per heavy atom. The highest BCUT2D eigenvalue weighted by molar-refractivity contribution is 5.72. The molecule has 0 bridgehead atoms. The summed E-state index contributed by atoms with van der Waals surface area (Å²) in [5, 5.41) is 8.92. The van der Waals surface area contributed by atoms with Gasteiger partial charge in [0.1, 0.15) is 5.75 Å². The molecule has 0 amide bonds. The Kier molecular flexibility index (Phi) is 8.91. The number of aromatic amines is 1. The number of imidazole rings is 1. The van der Waals surface area contributed by atoms with E-state index >= 15 is 0 Å². The smallest absolute Gasteiger partial charge is 0.344 e. The third-order valence-electron chi connectivity index (χ3n) is 6.51. The van der Waals surface area contributed by atoms with Gasteiger partial charge in [0.05, 0.1) is 0 Å². The number of nitrogens with one attached hydrogen (secondary N) is 1. The summed E-state index contributed by atoms with van der Waals surface area (Å²) < 4.78 is 7.05. The van der Waals surface area contributed by atoms with Gasteiger partial charge in [0.15, 0.2) is 6.10 Å². The Morgan fingerprint density at radius 2 is 1.85 bits per heavy atom. The van der Waals surface area contributed by atoms with Gasteiger partial charge in [-0.25, -0.2) is 9.59 Å². The molecule has 1 heterocycles. The van der Waals surface area contributed by atoms with Gasteiger partial charge in [-0.1, -0.05) is 58.1 Å². The molecule has 0 aliphatic heterocycles. The van der Waals surface area contributed by atoms with E-state index in [-0.39, 0.29) is 16.5 Å². The molecule has 2 N–H and O–H groups in total. The van der Waals surface area contributed by atoms with Gasteiger partial charge in [-0.3, -0.25) is 4.57 Å². The van der Waals surface area contributed by atoms with Crippen LogP contribution < -0.4 is 10.4 Å². The second kappa shape index (κ2) is 11.2. The molecule has 2 atom stereocenters. The van der Waals surface area contributed by atoms with Crippen molar-refractivity contribution in [1.29, 1.82) is 0 Å². The third kappa shape index (κ3) is 7.52. The van der Waals surface area contributed by atoms with Crippen molar-refractivity contribution in [3.05, 3.63) is 77.0 Å². The number of hydrogen-bond acceptors (Lipinski definition) is 3. The first kappa shape index (κ1) is 26.2. The topological polar surface area (TPSA) is 84.3 Å². The second-order valence-corrected chi connectivity index (χ2v) is 9.88. The summed E-state index contributed by atoms with van der Waals surface area (Å²) in [5.74, 6) is -0.449. The number of aryl methyl sites for hydroxylation is 2. The molecule has 180 valence electrons. The van der Waals surface area contributed by atoms with Crippen molar-refractivity contribution in [2.24, 2.45) is 10.8 Å². The van der Waals surface area contributed by atoms with E-state index < -0.39 is 12.1 Å². The van der Waals surface area contributed by atoms with E-state index in [1.54, 1.807) is 16.7 Å². The molecule has 33 heavy (non-hydrogen) atoms. The van der Waals surface area contributed by atoms with Gasteiger partial charge < -0.3 is 14.8 Å². The average molecular weight is 455 g/mol. The number of aromatic nitrogens is 2. The van der Waals surface area contributed by atoms with Crippen LogP contribution in [0.3, 0.4) is 0 Å². The number of benzene rings is 1. The van der Waals surface area contributed by atoms with Crippen LogP contribution in [-0.4, -0.2) is 26.7 Å². The lowest BCUT2D eigenvalue weighted by Crippen LogP contribution is -2.30. The zero-order chi connectivity index (χ0) is 24.6. The Morgan fingerprint density at radius 1 is 1.18 bits per heavy atom. The van der Waals surface area contributed by atoms with Crippen LogP contribution >= 0.6 is 0 Å². The number of carbonyl (C=O) groups is 1. The standard InChI is InChI=1S/C27H38N2O4/c1-7-27(6,26(3,4)5)17-8-9-18-29-19-22(28-25(29)32)12-10-11-21-13-15-23(16-14-21)33-20(2)24(30)31/h7-9,13-16,19-20H,1,10-12,17-18H2,2-6H3,(H,28,32)(H,30,31)/b9-8+. The van der Waals surface area contributed by atoms with Crippen molar-refractivity contribution in [3.63, 3.8) is 0 Å². The number of ether oxygens (including phenoxy) is 1. The van der Waals surface area contributed by atoms with Gasteiger partial charge in [-0.15, -0.1) is 6.58 Å². The highest BCUT2D eigenvalue weighted by atomic mass is 16.5. The van der Waals surface area contributed by atoms with E-state index in [0.717, 1.165) is 36.9 Å². The van der Waals surface area contributed by atoms with E-state index in [2.05, 4.69) is 45.3 Å². The minimum atomic E-state index is -0.990. The number of aliphatic carboxylic acids is 1. The van der Waals surface area contributed by atoms with Crippen LogP contribution in [0.4, 0.5) is 0 Å². The molecule has 0 radical (unpaired) electrons. The summed E-state index contributed by atoms with van der Waals surface area (Å²) in [4.78, 5) is 26.1. The average Bonchev–Trinajstić information content (AvgIpc) is 3.10. The number of hydrogen-bond donors (Lipinski definition) is 2. The van der Waals surface area contributed by atoms with Crippen LogP contribution in [0.2, 0.25) is 0 Å². The fourth-order valence-electron chi connectivity index (χ4n) is 3.43. The van der Waals surface area contributed by atoms with Gasteiger partial charge in [0, 0.05) is 18.4 Å². The summed E-state index contributed by atoms with van der Waals surface area (Å²) >= 11 is 0. The lowest BCUT2D eigenvalue weighted by atomic mass is 9.66. The number of nitrogens with zero attached hydrogens (tertiary/aromatic N) is 1. The minimum absolute atomic E-state index is 0.00337. The number of carboxylic acids is 1. The van der Waals surface area contributed by atoms with E-state index in [1.807, 2.05) is 30.5 Å². The number of rotatable bonds is 12. The molecule has 1 aromatic carbocycles. The van der Waals surface area contributed by atoms with Crippen LogP contribution in [0.5, 0.6) is 5.75 Å². The fourth-order valence-corrected chi connectivity index (χ4v) is 3.43. The van der Waals surface area contributed by atoms with Crippen molar-refractivity contribution in [2.75, 3.05) is 0 Å². The van der Waals surface area contributed by atoms with E-state index in [1.165, 1.54) is 6.92 Å². The quantitative estimate of drug-likeness (QED) is 0.421. The van der Waals surface area contributed by atoms with Crippen LogP contribution in [0.25, 0.3) is 0 Å². The molecule has 1 aromatic heterocycles. The van der Waals surface area contributed by atoms with Crippen LogP contribution in [-0.2, 0) is 24.2 Å². The molecule has 0 fully saturated rings. The maximum absolute atomic E-state index is 12.3. The second-order valence-electron chi connectivity index (χ2n) is 9.88. The Balaban J connectivity index is 1.84. The summed E-state index contributed by atoms with van der Waals surface area (Å²) in [6, 6.07) is 7.46. The fraction of sp³-hybridized carbons (Fsp3) is 0.481. The molecule has 0 saturated carbocycles. The molecule has 0 aliphatic rings. The van der Waals surface area contributed by atoms with Crippen molar-refractivity contribution >= 4 is 5.97 Å². The van der Waals surface area contributed by atoms with Gasteiger partial charge in [0.25, 0.3) is 0 Å². The highest BCUT2D eigenvalue weighted by Gasteiger charge is 2.33. The van der Waals surface area contributed by atoms with E-state index in [4.69, 9.17) is 9.84 Å². The highest BCUT2D eigenvalue weighted by Crippen LogP contribution is 2.42. The van der Waals surface area contributed by atoms with Crippen LogP contribution in [0, 0.1) is 10.8 Å². The molecule has 2 unspecified atom stereocenters. The van der Waals surface area contributed by atoms with Crippen molar-refractivity contribution in [2.45, 2.75) is 73.0 Å². The number of allylic oxidation sites excluding steroid dienone is 3. The van der Waals surface area contributed by atoms with Crippen molar-refractivity contribution in [3.8, 4) is 5.75 Å². The number of H-pyrrole nitrogens is 1.